The standard InChI is InChI=1S/C27H16ClFN2O3/c28-20-7-3-19(4-8-20)27(32)33-23-12-1-17(2-13-23)16-30-22-11-14-25-24(15-22)31-26(34-25)18-5-9-21(29)10-6-18/h1-16H. The van der Waals surface area contributed by atoms with Gasteiger partial charge in [-0.05, 0) is 96.6 Å². The van der Waals surface area contributed by atoms with Gasteiger partial charge in [-0.3, -0.25) is 4.99 Å². The Balaban J connectivity index is 1.27. The molecule has 0 amide bonds. The summed E-state index contributed by atoms with van der Waals surface area (Å²) >= 11 is 5.84. The summed E-state index contributed by atoms with van der Waals surface area (Å²) in [4.78, 5) is 21.2. The smallest absolute Gasteiger partial charge is 0.343 e. The molecule has 5 nitrogen and oxygen atoms in total. The summed E-state index contributed by atoms with van der Waals surface area (Å²) in [5.74, 6) is 0.0672. The second kappa shape index (κ2) is 9.29. The fourth-order valence-electron chi connectivity index (χ4n) is 3.24. The highest BCUT2D eigenvalue weighted by Gasteiger charge is 2.10. The summed E-state index contributed by atoms with van der Waals surface area (Å²) in [6.07, 6.45) is 1.70. The lowest BCUT2D eigenvalue weighted by atomic mass is 10.2. The monoisotopic (exact) mass is 470 g/mol. The first-order valence-corrected chi connectivity index (χ1v) is 10.7. The van der Waals surface area contributed by atoms with Gasteiger partial charge in [-0.25, -0.2) is 14.2 Å². The van der Waals surface area contributed by atoms with Crippen molar-refractivity contribution in [2.24, 2.45) is 4.99 Å². The normalized spacial score (nSPS) is 11.2. The number of hydrogen-bond donors (Lipinski definition) is 0. The van der Waals surface area contributed by atoms with Crippen molar-refractivity contribution in [3.63, 3.8) is 0 Å². The lowest BCUT2D eigenvalue weighted by Crippen LogP contribution is -2.08. The highest BCUT2D eigenvalue weighted by Crippen LogP contribution is 2.27. The molecule has 0 bridgehead atoms. The number of ether oxygens (including phenoxy) is 1. The van der Waals surface area contributed by atoms with E-state index in [1.165, 1.54) is 12.1 Å². The van der Waals surface area contributed by atoms with Crippen molar-refractivity contribution < 1.29 is 18.3 Å². The molecule has 4 aromatic carbocycles. The first-order chi connectivity index (χ1) is 16.5. The van der Waals surface area contributed by atoms with Gasteiger partial charge in [-0.15, -0.1) is 0 Å². The third-order valence-corrected chi connectivity index (χ3v) is 5.25. The van der Waals surface area contributed by atoms with E-state index in [1.54, 1.807) is 72.9 Å². The van der Waals surface area contributed by atoms with Crippen LogP contribution in [0.1, 0.15) is 15.9 Å². The highest BCUT2D eigenvalue weighted by atomic mass is 35.5. The van der Waals surface area contributed by atoms with Crippen molar-refractivity contribution in [3.05, 3.63) is 113 Å². The molecule has 1 aromatic heterocycles. The molecule has 0 N–H and O–H groups in total. The molecule has 0 saturated heterocycles. The van der Waals surface area contributed by atoms with Gasteiger partial charge in [0.2, 0.25) is 5.89 Å². The number of fused-ring (bicyclic) bond motifs is 1. The molecule has 7 heteroatoms. The summed E-state index contributed by atoms with van der Waals surface area (Å²) in [6, 6.07) is 24.9. The summed E-state index contributed by atoms with van der Waals surface area (Å²) < 4.78 is 24.3. The van der Waals surface area contributed by atoms with E-state index in [0.29, 0.717) is 44.6 Å². The lowest BCUT2D eigenvalue weighted by Gasteiger charge is -2.04. The number of aromatic nitrogens is 1. The fraction of sp³-hybridized carbons (Fsp3) is 0. The Kier molecular flexibility index (Phi) is 5.89. The zero-order chi connectivity index (χ0) is 23.5. The molecular weight excluding hydrogens is 455 g/mol. The number of carbonyl (C=O) groups excluding carboxylic acids is 1. The molecule has 0 fully saturated rings. The van der Waals surface area contributed by atoms with Crippen LogP contribution in [0.2, 0.25) is 5.02 Å². The first kappa shape index (κ1) is 21.6. The number of aliphatic imine (C=N–C) groups is 1. The maximum atomic E-state index is 13.2. The Bertz CT molecular complexity index is 1490. The molecule has 166 valence electrons. The molecule has 0 aliphatic carbocycles. The highest BCUT2D eigenvalue weighted by molar-refractivity contribution is 6.30. The van der Waals surface area contributed by atoms with Crippen LogP contribution in [0.3, 0.4) is 0 Å². The van der Waals surface area contributed by atoms with Gasteiger partial charge in [0.15, 0.2) is 5.58 Å². The SMILES string of the molecule is O=C(Oc1ccc(C=Nc2ccc3oc(-c4ccc(F)cc4)nc3c2)cc1)c1ccc(Cl)cc1. The fourth-order valence-corrected chi connectivity index (χ4v) is 3.36. The van der Waals surface area contributed by atoms with Crippen molar-refractivity contribution in [1.29, 1.82) is 0 Å². The largest absolute Gasteiger partial charge is 0.436 e. The average molecular weight is 471 g/mol. The second-order valence-corrected chi connectivity index (χ2v) is 7.84. The number of rotatable bonds is 5. The maximum absolute atomic E-state index is 13.2. The number of halogens is 2. The Morgan fingerprint density at radius 1 is 0.941 bits per heavy atom. The van der Waals surface area contributed by atoms with E-state index >= 15 is 0 Å². The minimum atomic E-state index is -0.459. The van der Waals surface area contributed by atoms with Gasteiger partial charge in [-0.1, -0.05) is 11.6 Å². The molecule has 34 heavy (non-hydrogen) atoms. The van der Waals surface area contributed by atoms with Crippen LogP contribution in [0, 0.1) is 5.82 Å². The predicted octanol–water partition coefficient (Wildman–Crippen LogP) is 7.26. The number of benzene rings is 4. The van der Waals surface area contributed by atoms with Crippen LogP contribution in [0.4, 0.5) is 10.1 Å². The van der Waals surface area contributed by atoms with Gasteiger partial charge in [0.05, 0.1) is 11.3 Å². The molecular formula is C27H16ClFN2O3. The van der Waals surface area contributed by atoms with Crippen molar-refractivity contribution in [2.75, 3.05) is 0 Å². The molecule has 0 aliphatic heterocycles. The number of esters is 1. The van der Waals surface area contributed by atoms with Crippen molar-refractivity contribution in [1.82, 2.24) is 4.98 Å². The molecule has 0 radical (unpaired) electrons. The minimum Gasteiger partial charge on any atom is -0.436 e. The van der Waals surface area contributed by atoms with Crippen LogP contribution in [-0.4, -0.2) is 17.2 Å². The van der Waals surface area contributed by atoms with E-state index in [1.807, 2.05) is 12.1 Å². The minimum absolute atomic E-state index is 0.316. The zero-order valence-corrected chi connectivity index (χ0v) is 18.4. The Labute approximate surface area is 199 Å². The Hall–Kier alpha value is -4.29. The summed E-state index contributed by atoms with van der Waals surface area (Å²) in [6.45, 7) is 0. The van der Waals surface area contributed by atoms with Crippen LogP contribution in [0.15, 0.2) is 100 Å². The maximum Gasteiger partial charge on any atom is 0.343 e. The summed E-state index contributed by atoms with van der Waals surface area (Å²) in [7, 11) is 0. The number of hydrogen-bond acceptors (Lipinski definition) is 5. The average Bonchev–Trinajstić information content (AvgIpc) is 3.28. The van der Waals surface area contributed by atoms with E-state index < -0.39 is 5.97 Å². The van der Waals surface area contributed by atoms with Crippen LogP contribution >= 0.6 is 11.6 Å². The topological polar surface area (TPSA) is 64.7 Å². The van der Waals surface area contributed by atoms with Crippen LogP contribution in [0.5, 0.6) is 5.75 Å². The van der Waals surface area contributed by atoms with Crippen molar-refractivity contribution in [2.45, 2.75) is 0 Å². The summed E-state index contributed by atoms with van der Waals surface area (Å²) in [5, 5.41) is 0.552. The Morgan fingerprint density at radius 2 is 1.68 bits per heavy atom. The molecule has 5 aromatic rings. The van der Waals surface area contributed by atoms with E-state index in [9.17, 15) is 9.18 Å². The third kappa shape index (κ3) is 4.87. The van der Waals surface area contributed by atoms with Gasteiger partial charge in [0.1, 0.15) is 17.1 Å². The van der Waals surface area contributed by atoms with Crippen molar-refractivity contribution >= 4 is 40.6 Å². The predicted molar refractivity (Wildman–Crippen MR) is 130 cm³/mol. The van der Waals surface area contributed by atoms with E-state index in [-0.39, 0.29) is 5.82 Å². The lowest BCUT2D eigenvalue weighted by molar-refractivity contribution is 0.0735. The van der Waals surface area contributed by atoms with Gasteiger partial charge in [0.25, 0.3) is 0 Å². The number of oxazole rings is 1. The molecule has 0 atom stereocenters. The van der Waals surface area contributed by atoms with E-state index in [2.05, 4.69) is 9.98 Å². The molecule has 0 saturated carbocycles. The van der Waals surface area contributed by atoms with E-state index in [0.717, 1.165) is 5.56 Å². The molecule has 0 unspecified atom stereocenters. The van der Waals surface area contributed by atoms with Gasteiger partial charge in [-0.2, -0.15) is 0 Å². The molecule has 0 spiro atoms. The van der Waals surface area contributed by atoms with E-state index in [4.69, 9.17) is 20.8 Å². The quantitative estimate of drug-likeness (QED) is 0.154. The first-order valence-electron chi connectivity index (χ1n) is 10.3. The van der Waals surface area contributed by atoms with Gasteiger partial charge < -0.3 is 9.15 Å². The number of nitrogens with zero attached hydrogens (tertiary/aromatic N) is 2. The van der Waals surface area contributed by atoms with Crippen LogP contribution in [-0.2, 0) is 0 Å². The van der Waals surface area contributed by atoms with Crippen LogP contribution in [0.25, 0.3) is 22.6 Å². The number of carbonyl (C=O) groups is 1. The van der Waals surface area contributed by atoms with Gasteiger partial charge in [0, 0.05) is 16.8 Å². The zero-order valence-electron chi connectivity index (χ0n) is 17.6. The van der Waals surface area contributed by atoms with Crippen LogP contribution < -0.4 is 4.74 Å². The second-order valence-electron chi connectivity index (χ2n) is 7.40. The molecule has 0 aliphatic rings. The third-order valence-electron chi connectivity index (χ3n) is 5.00. The molecule has 1 heterocycles. The Morgan fingerprint density at radius 3 is 2.41 bits per heavy atom. The molecule has 5 rings (SSSR count). The van der Waals surface area contributed by atoms with Crippen molar-refractivity contribution in [3.8, 4) is 17.2 Å². The summed E-state index contributed by atoms with van der Waals surface area (Å²) in [5.41, 5.74) is 3.91. The van der Waals surface area contributed by atoms with Gasteiger partial charge >= 0.3 is 5.97 Å².